The standard InChI is InChI=1S/C11H12N4O2S/c1-6-14-15-11(17-6)18-9-4-3-7(5-8(9)12)10(16)13-2/h3-5H,12H2,1-2H3,(H,13,16). The highest BCUT2D eigenvalue weighted by atomic mass is 32.2. The van der Waals surface area contributed by atoms with Crippen LogP contribution in [0.5, 0.6) is 0 Å². The molecule has 6 nitrogen and oxygen atoms in total. The van der Waals surface area contributed by atoms with E-state index >= 15 is 0 Å². The number of benzene rings is 1. The number of aryl methyl sites for hydroxylation is 1. The largest absolute Gasteiger partial charge is 0.416 e. The molecule has 0 saturated carbocycles. The van der Waals surface area contributed by atoms with Crippen molar-refractivity contribution >= 4 is 23.4 Å². The molecular weight excluding hydrogens is 252 g/mol. The van der Waals surface area contributed by atoms with Gasteiger partial charge in [0.25, 0.3) is 11.1 Å². The van der Waals surface area contributed by atoms with Crippen molar-refractivity contribution in [2.24, 2.45) is 0 Å². The Balaban J connectivity index is 2.22. The van der Waals surface area contributed by atoms with Crippen molar-refractivity contribution in [2.75, 3.05) is 12.8 Å². The topological polar surface area (TPSA) is 94.0 Å². The highest BCUT2D eigenvalue weighted by Gasteiger charge is 2.10. The van der Waals surface area contributed by atoms with E-state index in [4.69, 9.17) is 10.2 Å². The van der Waals surface area contributed by atoms with Gasteiger partial charge in [-0.05, 0) is 30.0 Å². The normalized spacial score (nSPS) is 10.3. The second-order valence-corrected chi connectivity index (χ2v) is 4.51. The van der Waals surface area contributed by atoms with Crippen molar-refractivity contribution in [3.8, 4) is 0 Å². The number of aromatic nitrogens is 2. The fraction of sp³-hybridized carbons (Fsp3) is 0.182. The number of rotatable bonds is 3. The second-order valence-electron chi connectivity index (χ2n) is 3.52. The van der Waals surface area contributed by atoms with Crippen LogP contribution in [0.25, 0.3) is 0 Å². The Morgan fingerprint density at radius 1 is 1.44 bits per heavy atom. The van der Waals surface area contributed by atoms with Gasteiger partial charge in [-0.2, -0.15) is 0 Å². The van der Waals surface area contributed by atoms with Crippen molar-refractivity contribution < 1.29 is 9.21 Å². The van der Waals surface area contributed by atoms with Gasteiger partial charge in [0.15, 0.2) is 0 Å². The van der Waals surface area contributed by atoms with Crippen LogP contribution >= 0.6 is 11.8 Å². The molecule has 0 unspecified atom stereocenters. The summed E-state index contributed by atoms with van der Waals surface area (Å²) in [5, 5.41) is 10.6. The number of anilines is 1. The molecule has 0 radical (unpaired) electrons. The molecule has 1 aromatic heterocycles. The number of nitrogens with zero attached hydrogens (tertiary/aromatic N) is 2. The molecule has 0 fully saturated rings. The first-order valence-corrected chi connectivity index (χ1v) is 6.01. The van der Waals surface area contributed by atoms with E-state index in [1.807, 2.05) is 0 Å². The van der Waals surface area contributed by atoms with E-state index < -0.39 is 0 Å². The number of carbonyl (C=O) groups excluding carboxylic acids is 1. The summed E-state index contributed by atoms with van der Waals surface area (Å²) in [4.78, 5) is 12.2. The third-order valence-corrected chi connectivity index (χ3v) is 3.14. The predicted octanol–water partition coefficient (Wildman–Crippen LogP) is 1.47. The number of amides is 1. The Morgan fingerprint density at radius 2 is 2.22 bits per heavy atom. The molecule has 7 heteroatoms. The lowest BCUT2D eigenvalue weighted by atomic mass is 10.2. The molecular formula is C11H12N4O2S. The third kappa shape index (κ3) is 2.62. The summed E-state index contributed by atoms with van der Waals surface area (Å²) in [6.45, 7) is 1.72. The molecule has 94 valence electrons. The molecule has 18 heavy (non-hydrogen) atoms. The van der Waals surface area contributed by atoms with Crippen LogP contribution in [-0.4, -0.2) is 23.2 Å². The van der Waals surface area contributed by atoms with E-state index in [0.29, 0.717) is 22.4 Å². The summed E-state index contributed by atoms with van der Waals surface area (Å²) in [5.74, 6) is 0.324. The van der Waals surface area contributed by atoms with Crippen LogP contribution in [-0.2, 0) is 0 Å². The molecule has 0 aliphatic rings. The molecule has 1 aromatic carbocycles. The zero-order valence-electron chi connectivity index (χ0n) is 9.93. The zero-order valence-corrected chi connectivity index (χ0v) is 10.7. The van der Waals surface area contributed by atoms with E-state index in [2.05, 4.69) is 15.5 Å². The quantitative estimate of drug-likeness (QED) is 0.815. The van der Waals surface area contributed by atoms with E-state index in [9.17, 15) is 4.79 Å². The van der Waals surface area contributed by atoms with Crippen LogP contribution in [0.3, 0.4) is 0 Å². The smallest absolute Gasteiger partial charge is 0.281 e. The van der Waals surface area contributed by atoms with Gasteiger partial charge in [-0.3, -0.25) is 4.79 Å². The van der Waals surface area contributed by atoms with Gasteiger partial charge in [-0.1, -0.05) is 0 Å². The minimum absolute atomic E-state index is 0.174. The van der Waals surface area contributed by atoms with Gasteiger partial charge in [0.05, 0.1) is 0 Å². The minimum Gasteiger partial charge on any atom is -0.416 e. The van der Waals surface area contributed by atoms with E-state index in [0.717, 1.165) is 4.90 Å². The lowest BCUT2D eigenvalue weighted by Gasteiger charge is -2.05. The molecule has 1 amide bonds. The Kier molecular flexibility index (Phi) is 3.52. The summed E-state index contributed by atoms with van der Waals surface area (Å²) in [5.41, 5.74) is 6.89. The van der Waals surface area contributed by atoms with Crippen molar-refractivity contribution in [3.63, 3.8) is 0 Å². The Labute approximate surface area is 108 Å². The third-order valence-electron chi connectivity index (χ3n) is 2.20. The summed E-state index contributed by atoms with van der Waals surface area (Å²) < 4.78 is 5.25. The summed E-state index contributed by atoms with van der Waals surface area (Å²) in [7, 11) is 1.57. The molecule has 1 heterocycles. The van der Waals surface area contributed by atoms with Gasteiger partial charge in [0.2, 0.25) is 5.89 Å². The number of nitrogens with one attached hydrogen (secondary N) is 1. The second kappa shape index (κ2) is 5.09. The molecule has 2 rings (SSSR count). The Morgan fingerprint density at radius 3 is 2.78 bits per heavy atom. The lowest BCUT2D eigenvalue weighted by molar-refractivity contribution is 0.0963. The predicted molar refractivity (Wildman–Crippen MR) is 67.4 cm³/mol. The molecule has 0 atom stereocenters. The van der Waals surface area contributed by atoms with Crippen LogP contribution in [0.4, 0.5) is 5.69 Å². The Bertz CT molecular complexity index is 582. The van der Waals surface area contributed by atoms with Crippen molar-refractivity contribution in [1.82, 2.24) is 15.5 Å². The number of hydrogen-bond donors (Lipinski definition) is 2. The van der Waals surface area contributed by atoms with Gasteiger partial charge < -0.3 is 15.5 Å². The summed E-state index contributed by atoms with van der Waals surface area (Å²) >= 11 is 1.27. The average molecular weight is 264 g/mol. The SMILES string of the molecule is CNC(=O)c1ccc(Sc2nnc(C)o2)c(N)c1. The van der Waals surface area contributed by atoms with Crippen LogP contribution in [0.2, 0.25) is 0 Å². The van der Waals surface area contributed by atoms with E-state index in [-0.39, 0.29) is 5.91 Å². The first kappa shape index (κ1) is 12.4. The number of nitrogen functional groups attached to an aromatic ring is 1. The fourth-order valence-electron chi connectivity index (χ4n) is 1.34. The first-order valence-electron chi connectivity index (χ1n) is 5.19. The highest BCUT2D eigenvalue weighted by Crippen LogP contribution is 2.31. The van der Waals surface area contributed by atoms with Crippen LogP contribution in [0, 0.1) is 6.92 Å². The van der Waals surface area contributed by atoms with Crippen LogP contribution < -0.4 is 11.1 Å². The van der Waals surface area contributed by atoms with Gasteiger partial charge in [0.1, 0.15) is 0 Å². The minimum atomic E-state index is -0.174. The molecule has 0 aliphatic carbocycles. The number of nitrogens with two attached hydrogens (primary N) is 1. The van der Waals surface area contributed by atoms with Crippen molar-refractivity contribution in [2.45, 2.75) is 17.0 Å². The fourth-order valence-corrected chi connectivity index (χ4v) is 2.09. The molecule has 0 saturated heterocycles. The van der Waals surface area contributed by atoms with Crippen molar-refractivity contribution in [3.05, 3.63) is 29.7 Å². The molecule has 2 aromatic rings. The van der Waals surface area contributed by atoms with E-state index in [1.165, 1.54) is 11.8 Å². The van der Waals surface area contributed by atoms with E-state index in [1.54, 1.807) is 32.2 Å². The molecule has 0 aliphatic heterocycles. The summed E-state index contributed by atoms with van der Waals surface area (Å²) in [6.07, 6.45) is 0. The maximum atomic E-state index is 11.4. The Hall–Kier alpha value is -2.02. The first-order chi connectivity index (χ1) is 8.60. The number of carbonyl (C=O) groups is 1. The molecule has 3 N–H and O–H groups in total. The lowest BCUT2D eigenvalue weighted by Crippen LogP contribution is -2.17. The van der Waals surface area contributed by atoms with Crippen molar-refractivity contribution in [1.29, 1.82) is 0 Å². The molecule has 0 spiro atoms. The van der Waals surface area contributed by atoms with Gasteiger partial charge in [-0.15, -0.1) is 10.2 Å². The summed E-state index contributed by atoms with van der Waals surface area (Å²) in [6, 6.07) is 5.06. The van der Waals surface area contributed by atoms with Crippen LogP contribution in [0.1, 0.15) is 16.2 Å². The number of hydrogen-bond acceptors (Lipinski definition) is 6. The average Bonchev–Trinajstić information content (AvgIpc) is 2.76. The van der Waals surface area contributed by atoms with Gasteiger partial charge >= 0.3 is 0 Å². The monoisotopic (exact) mass is 264 g/mol. The molecule has 0 bridgehead atoms. The highest BCUT2D eigenvalue weighted by molar-refractivity contribution is 7.99. The van der Waals surface area contributed by atoms with Gasteiger partial charge in [0, 0.05) is 30.1 Å². The maximum Gasteiger partial charge on any atom is 0.281 e. The maximum absolute atomic E-state index is 11.4. The van der Waals surface area contributed by atoms with Crippen LogP contribution in [0.15, 0.2) is 32.7 Å². The zero-order chi connectivity index (χ0) is 13.1. The van der Waals surface area contributed by atoms with Gasteiger partial charge in [-0.25, -0.2) is 0 Å².